The second-order valence-electron chi connectivity index (χ2n) is 3.74. The van der Waals surface area contributed by atoms with Gasteiger partial charge in [-0.15, -0.1) is 0 Å². The van der Waals surface area contributed by atoms with Crippen molar-refractivity contribution in [3.63, 3.8) is 0 Å². The van der Waals surface area contributed by atoms with Crippen LogP contribution in [0.2, 0.25) is 0 Å². The molecule has 0 aliphatic heterocycles. The first-order valence-corrected chi connectivity index (χ1v) is 5.38. The normalized spacial score (nSPS) is 10.4. The van der Waals surface area contributed by atoms with Crippen LogP contribution in [-0.2, 0) is 13.1 Å². The van der Waals surface area contributed by atoms with E-state index in [0.717, 1.165) is 11.4 Å². The summed E-state index contributed by atoms with van der Waals surface area (Å²) in [6, 6.07) is 7.17. The van der Waals surface area contributed by atoms with Crippen molar-refractivity contribution >= 4 is 0 Å². The highest BCUT2D eigenvalue weighted by atomic mass is 16.3. The average Bonchev–Trinajstić information content (AvgIpc) is 2.35. The van der Waals surface area contributed by atoms with E-state index in [0.29, 0.717) is 18.8 Å². The summed E-state index contributed by atoms with van der Waals surface area (Å²) in [7, 11) is 0. The fraction of sp³-hybridized carbons (Fsp3) is 0.250. The average molecular weight is 230 g/mol. The van der Waals surface area contributed by atoms with Gasteiger partial charge in [0.05, 0.1) is 11.4 Å². The van der Waals surface area contributed by atoms with Crippen LogP contribution in [0.1, 0.15) is 17.1 Å². The molecule has 0 radical (unpaired) electrons. The maximum absolute atomic E-state index is 9.60. The minimum Gasteiger partial charge on any atom is -0.506 e. The maximum atomic E-state index is 9.60. The molecule has 0 aromatic carbocycles. The Morgan fingerprint density at radius 2 is 2.12 bits per heavy atom. The molecule has 0 aliphatic rings. The van der Waals surface area contributed by atoms with Crippen molar-refractivity contribution in [1.82, 2.24) is 20.5 Å². The van der Waals surface area contributed by atoms with Gasteiger partial charge in [0, 0.05) is 25.0 Å². The summed E-state index contributed by atoms with van der Waals surface area (Å²) in [5.41, 5.74) is 2.40. The van der Waals surface area contributed by atoms with Crippen molar-refractivity contribution in [2.24, 2.45) is 0 Å². The Balaban J connectivity index is 1.92. The number of nitrogens with zero attached hydrogens (tertiary/aromatic N) is 3. The molecule has 2 rings (SSSR count). The first-order valence-electron chi connectivity index (χ1n) is 5.38. The van der Waals surface area contributed by atoms with E-state index in [4.69, 9.17) is 0 Å². The molecule has 0 spiro atoms. The minimum atomic E-state index is 0.210. The third-order valence-corrected chi connectivity index (χ3v) is 2.32. The molecule has 2 heterocycles. The lowest BCUT2D eigenvalue weighted by Gasteiger charge is -2.06. The Morgan fingerprint density at radius 3 is 2.88 bits per heavy atom. The van der Waals surface area contributed by atoms with E-state index in [2.05, 4.69) is 20.5 Å². The van der Waals surface area contributed by atoms with Crippen LogP contribution in [0.3, 0.4) is 0 Å². The molecule has 0 saturated carbocycles. The Kier molecular flexibility index (Phi) is 3.62. The van der Waals surface area contributed by atoms with E-state index in [1.165, 1.54) is 0 Å². The predicted octanol–water partition coefficient (Wildman–Crippen LogP) is 1.18. The largest absolute Gasteiger partial charge is 0.506 e. The summed E-state index contributed by atoms with van der Waals surface area (Å²) in [5, 5.41) is 20.5. The summed E-state index contributed by atoms with van der Waals surface area (Å²) < 4.78 is 0. The highest BCUT2D eigenvalue weighted by molar-refractivity contribution is 5.27. The van der Waals surface area contributed by atoms with Gasteiger partial charge in [-0.1, -0.05) is 0 Å². The predicted molar refractivity (Wildman–Crippen MR) is 63.2 cm³/mol. The Hall–Kier alpha value is -2.01. The van der Waals surface area contributed by atoms with E-state index >= 15 is 0 Å². The molecule has 88 valence electrons. The first-order chi connectivity index (χ1) is 8.25. The number of hydrogen-bond donors (Lipinski definition) is 2. The Morgan fingerprint density at radius 1 is 1.24 bits per heavy atom. The zero-order chi connectivity index (χ0) is 12.1. The number of pyridine rings is 1. The van der Waals surface area contributed by atoms with Gasteiger partial charge in [-0.3, -0.25) is 4.98 Å². The van der Waals surface area contributed by atoms with Crippen LogP contribution >= 0.6 is 0 Å². The molecule has 17 heavy (non-hydrogen) atoms. The van der Waals surface area contributed by atoms with Gasteiger partial charge in [0.2, 0.25) is 0 Å². The Labute approximate surface area is 99.6 Å². The minimum absolute atomic E-state index is 0.210. The van der Waals surface area contributed by atoms with Gasteiger partial charge in [-0.25, -0.2) is 0 Å². The fourth-order valence-corrected chi connectivity index (χ4v) is 1.47. The van der Waals surface area contributed by atoms with Gasteiger partial charge in [0.15, 0.2) is 0 Å². The molecular weight excluding hydrogens is 216 g/mol. The van der Waals surface area contributed by atoms with Crippen molar-refractivity contribution in [3.8, 4) is 5.75 Å². The summed E-state index contributed by atoms with van der Waals surface area (Å²) in [6.07, 6.45) is 1.64. The monoisotopic (exact) mass is 230 g/mol. The number of aromatic hydroxyl groups is 1. The molecule has 0 amide bonds. The van der Waals surface area contributed by atoms with Gasteiger partial charge in [0.1, 0.15) is 5.75 Å². The Bertz CT molecular complexity index is 487. The molecule has 0 fully saturated rings. The highest BCUT2D eigenvalue weighted by Crippen LogP contribution is 2.14. The summed E-state index contributed by atoms with van der Waals surface area (Å²) in [6.45, 7) is 3.00. The molecule has 0 aliphatic carbocycles. The SMILES string of the molecule is Cc1ccc(O)c(CNCc2cccnn2)n1. The van der Waals surface area contributed by atoms with Gasteiger partial charge in [-0.05, 0) is 31.2 Å². The van der Waals surface area contributed by atoms with Crippen LogP contribution in [0.15, 0.2) is 30.5 Å². The lowest BCUT2D eigenvalue weighted by Crippen LogP contribution is -2.15. The summed E-state index contributed by atoms with van der Waals surface area (Å²) in [4.78, 5) is 4.26. The fourth-order valence-electron chi connectivity index (χ4n) is 1.47. The molecule has 0 atom stereocenters. The quantitative estimate of drug-likeness (QED) is 0.825. The number of rotatable bonds is 4. The maximum Gasteiger partial charge on any atom is 0.138 e. The lowest BCUT2D eigenvalue weighted by atomic mass is 10.3. The highest BCUT2D eigenvalue weighted by Gasteiger charge is 2.02. The van der Waals surface area contributed by atoms with Gasteiger partial charge >= 0.3 is 0 Å². The molecule has 0 bridgehead atoms. The standard InChI is InChI=1S/C12H14N4O/c1-9-4-5-12(17)11(15-9)8-13-7-10-3-2-6-14-16-10/h2-6,13,17H,7-8H2,1H3. The van der Waals surface area contributed by atoms with Crippen molar-refractivity contribution in [2.45, 2.75) is 20.0 Å². The van der Waals surface area contributed by atoms with E-state index < -0.39 is 0 Å². The number of hydrogen-bond acceptors (Lipinski definition) is 5. The molecule has 0 unspecified atom stereocenters. The second-order valence-corrected chi connectivity index (χ2v) is 3.74. The summed E-state index contributed by atoms with van der Waals surface area (Å²) in [5.74, 6) is 0.210. The van der Waals surface area contributed by atoms with E-state index in [-0.39, 0.29) is 5.75 Å². The molecule has 5 heteroatoms. The second kappa shape index (κ2) is 5.36. The summed E-state index contributed by atoms with van der Waals surface area (Å²) >= 11 is 0. The van der Waals surface area contributed by atoms with E-state index in [1.807, 2.05) is 19.1 Å². The van der Waals surface area contributed by atoms with Crippen molar-refractivity contribution in [2.75, 3.05) is 0 Å². The molecule has 2 aromatic rings. The van der Waals surface area contributed by atoms with E-state index in [1.54, 1.807) is 18.3 Å². The molecule has 5 nitrogen and oxygen atoms in total. The van der Waals surface area contributed by atoms with Gasteiger partial charge in [-0.2, -0.15) is 10.2 Å². The van der Waals surface area contributed by atoms with Crippen LogP contribution in [0.25, 0.3) is 0 Å². The van der Waals surface area contributed by atoms with Crippen molar-refractivity contribution in [3.05, 3.63) is 47.5 Å². The molecule has 2 aromatic heterocycles. The third-order valence-electron chi connectivity index (χ3n) is 2.32. The van der Waals surface area contributed by atoms with Crippen LogP contribution in [0, 0.1) is 6.92 Å². The van der Waals surface area contributed by atoms with E-state index in [9.17, 15) is 5.11 Å². The van der Waals surface area contributed by atoms with Gasteiger partial charge < -0.3 is 10.4 Å². The zero-order valence-electron chi connectivity index (χ0n) is 9.59. The van der Waals surface area contributed by atoms with Crippen LogP contribution in [-0.4, -0.2) is 20.3 Å². The molecule has 2 N–H and O–H groups in total. The van der Waals surface area contributed by atoms with Crippen LogP contribution < -0.4 is 5.32 Å². The molecule has 0 saturated heterocycles. The van der Waals surface area contributed by atoms with Crippen molar-refractivity contribution < 1.29 is 5.11 Å². The number of aryl methyl sites for hydroxylation is 1. The topological polar surface area (TPSA) is 70.9 Å². The number of nitrogens with one attached hydrogen (secondary N) is 1. The molecular formula is C12H14N4O. The van der Waals surface area contributed by atoms with Crippen LogP contribution in [0.5, 0.6) is 5.75 Å². The van der Waals surface area contributed by atoms with Gasteiger partial charge in [0.25, 0.3) is 0 Å². The van der Waals surface area contributed by atoms with Crippen molar-refractivity contribution in [1.29, 1.82) is 0 Å². The lowest BCUT2D eigenvalue weighted by molar-refractivity contribution is 0.458. The smallest absolute Gasteiger partial charge is 0.138 e. The first kappa shape index (κ1) is 11.5. The zero-order valence-corrected chi connectivity index (χ0v) is 9.59. The number of aromatic nitrogens is 3. The third kappa shape index (κ3) is 3.22. The van der Waals surface area contributed by atoms with Crippen LogP contribution in [0.4, 0.5) is 0 Å².